The second-order valence-electron chi connectivity index (χ2n) is 3.89. The molecule has 16 heavy (non-hydrogen) atoms. The predicted molar refractivity (Wildman–Crippen MR) is 62.7 cm³/mol. The predicted octanol–water partition coefficient (Wildman–Crippen LogP) is 1.08. The molecule has 0 aromatic rings. The minimum Gasteiger partial charge on any atom is -0.338 e. The molecule has 0 aromatic heterocycles. The van der Waals surface area contributed by atoms with Gasteiger partial charge in [-0.15, -0.1) is 0 Å². The number of carbonyl (C=O) groups excluding carboxylic acids is 1. The molecule has 1 atom stereocenters. The molecule has 0 spiro atoms. The van der Waals surface area contributed by atoms with Gasteiger partial charge in [0, 0.05) is 18.7 Å². The van der Waals surface area contributed by atoms with Crippen molar-refractivity contribution in [1.29, 1.82) is 0 Å². The smallest absolute Gasteiger partial charge is 0.266 e. The summed E-state index contributed by atoms with van der Waals surface area (Å²) in [6.07, 6.45) is 1.25. The van der Waals surface area contributed by atoms with Gasteiger partial charge < -0.3 is 4.90 Å². The van der Waals surface area contributed by atoms with Gasteiger partial charge in [-0.05, 0) is 13.3 Å². The summed E-state index contributed by atoms with van der Waals surface area (Å²) in [5.74, 6) is -0.738. The van der Waals surface area contributed by atoms with Crippen LogP contribution in [-0.4, -0.2) is 42.6 Å². The van der Waals surface area contributed by atoms with Gasteiger partial charge in [0.25, 0.3) is 10.1 Å². The molecule has 0 aliphatic heterocycles. The van der Waals surface area contributed by atoms with Gasteiger partial charge in [-0.3, -0.25) is 9.35 Å². The van der Waals surface area contributed by atoms with Crippen LogP contribution in [0.15, 0.2) is 12.2 Å². The Bertz CT molecular complexity index is 361. The average molecular weight is 249 g/mol. The van der Waals surface area contributed by atoms with Crippen LogP contribution in [0.25, 0.3) is 0 Å². The summed E-state index contributed by atoms with van der Waals surface area (Å²) >= 11 is 0. The highest BCUT2D eigenvalue weighted by Gasteiger charge is 2.24. The maximum Gasteiger partial charge on any atom is 0.266 e. The van der Waals surface area contributed by atoms with Gasteiger partial charge >= 0.3 is 0 Å². The van der Waals surface area contributed by atoms with Crippen LogP contribution in [0.2, 0.25) is 0 Å². The number of hydrogen-bond donors (Lipinski definition) is 1. The molecule has 0 radical (unpaired) electrons. The van der Waals surface area contributed by atoms with Crippen LogP contribution < -0.4 is 0 Å². The molecule has 1 unspecified atom stereocenters. The Morgan fingerprint density at radius 3 is 2.31 bits per heavy atom. The molecule has 1 amide bonds. The van der Waals surface area contributed by atoms with E-state index < -0.39 is 21.9 Å². The number of hydrogen-bond acceptors (Lipinski definition) is 3. The number of nitrogens with zero attached hydrogens (tertiary/aromatic N) is 1. The lowest BCUT2D eigenvalue weighted by Gasteiger charge is -2.27. The molecule has 5 nitrogen and oxygen atoms in total. The zero-order valence-corrected chi connectivity index (χ0v) is 10.7. The van der Waals surface area contributed by atoms with E-state index in [1.807, 2.05) is 6.92 Å². The fourth-order valence-corrected chi connectivity index (χ4v) is 2.31. The highest BCUT2D eigenvalue weighted by atomic mass is 32.2. The third-order valence-electron chi connectivity index (χ3n) is 2.26. The Kier molecular flexibility index (Phi) is 5.67. The zero-order chi connectivity index (χ0) is 12.9. The van der Waals surface area contributed by atoms with Crippen molar-refractivity contribution in [2.75, 3.05) is 12.8 Å². The van der Waals surface area contributed by atoms with Crippen molar-refractivity contribution in [3.05, 3.63) is 12.2 Å². The molecule has 0 aliphatic rings. The minimum atomic E-state index is -4.07. The lowest BCUT2D eigenvalue weighted by molar-refractivity contribution is -0.127. The van der Waals surface area contributed by atoms with Crippen LogP contribution in [0.5, 0.6) is 0 Å². The summed E-state index contributed by atoms with van der Waals surface area (Å²) in [6, 6.07) is -0.510. The lowest BCUT2D eigenvalue weighted by atomic mass is 10.1. The third-order valence-corrected chi connectivity index (χ3v) is 3.06. The monoisotopic (exact) mass is 249 g/mol. The van der Waals surface area contributed by atoms with Gasteiger partial charge in [0.05, 0.1) is 5.75 Å². The highest BCUT2D eigenvalue weighted by molar-refractivity contribution is 7.85. The first kappa shape index (κ1) is 15.1. The molecule has 0 saturated carbocycles. The lowest BCUT2D eigenvalue weighted by Crippen LogP contribution is -2.41. The van der Waals surface area contributed by atoms with E-state index in [0.29, 0.717) is 12.0 Å². The van der Waals surface area contributed by atoms with Crippen molar-refractivity contribution < 1.29 is 17.8 Å². The SMILES string of the molecule is C=C(C)C(=O)N(C)C(CCC)CS(=O)(=O)O. The van der Waals surface area contributed by atoms with E-state index in [-0.39, 0.29) is 5.91 Å². The van der Waals surface area contributed by atoms with Gasteiger partial charge in [0.15, 0.2) is 0 Å². The van der Waals surface area contributed by atoms with Crippen molar-refractivity contribution >= 4 is 16.0 Å². The summed E-state index contributed by atoms with van der Waals surface area (Å²) in [5, 5.41) is 0. The molecule has 0 bridgehead atoms. The summed E-state index contributed by atoms with van der Waals surface area (Å²) in [6.45, 7) is 6.96. The van der Waals surface area contributed by atoms with E-state index in [1.54, 1.807) is 6.92 Å². The first-order valence-electron chi connectivity index (χ1n) is 5.06. The number of carbonyl (C=O) groups is 1. The van der Waals surface area contributed by atoms with E-state index in [2.05, 4.69) is 6.58 Å². The van der Waals surface area contributed by atoms with Gasteiger partial charge in [-0.25, -0.2) is 0 Å². The molecule has 94 valence electrons. The number of rotatable bonds is 6. The molecule has 0 aromatic carbocycles. The van der Waals surface area contributed by atoms with Crippen LogP contribution >= 0.6 is 0 Å². The standard InChI is InChI=1S/C10H19NO4S/c1-5-6-9(7-16(13,14)15)11(4)10(12)8(2)3/h9H,2,5-7H2,1,3-4H3,(H,13,14,15). The minimum absolute atomic E-state index is 0.304. The van der Waals surface area contributed by atoms with Crippen molar-refractivity contribution in [1.82, 2.24) is 4.90 Å². The normalized spacial score (nSPS) is 13.2. The summed E-state index contributed by atoms with van der Waals surface area (Å²) in [4.78, 5) is 12.9. The summed E-state index contributed by atoms with van der Waals surface area (Å²) in [7, 11) is -2.56. The average Bonchev–Trinajstić information content (AvgIpc) is 2.12. The van der Waals surface area contributed by atoms with Crippen molar-refractivity contribution in [2.45, 2.75) is 32.7 Å². The second kappa shape index (κ2) is 6.00. The molecule has 1 N–H and O–H groups in total. The van der Waals surface area contributed by atoms with Crippen LogP contribution in [-0.2, 0) is 14.9 Å². The first-order chi connectivity index (χ1) is 7.19. The fraction of sp³-hybridized carbons (Fsp3) is 0.700. The Morgan fingerprint density at radius 2 is 2.00 bits per heavy atom. The van der Waals surface area contributed by atoms with Crippen LogP contribution in [0.1, 0.15) is 26.7 Å². The summed E-state index contributed by atoms with van der Waals surface area (Å²) < 4.78 is 30.4. The second-order valence-corrected chi connectivity index (χ2v) is 5.38. The fourth-order valence-electron chi connectivity index (χ4n) is 1.43. The Hall–Kier alpha value is -0.880. The van der Waals surface area contributed by atoms with Crippen LogP contribution in [0.4, 0.5) is 0 Å². The molecule has 0 fully saturated rings. The maximum atomic E-state index is 11.6. The van der Waals surface area contributed by atoms with Gasteiger partial charge in [0.2, 0.25) is 5.91 Å². The molecular weight excluding hydrogens is 230 g/mol. The summed E-state index contributed by atoms with van der Waals surface area (Å²) in [5.41, 5.74) is 0.346. The van der Waals surface area contributed by atoms with Crippen molar-refractivity contribution in [3.8, 4) is 0 Å². The molecule has 0 rings (SSSR count). The van der Waals surface area contributed by atoms with Crippen molar-refractivity contribution in [3.63, 3.8) is 0 Å². The van der Waals surface area contributed by atoms with E-state index in [9.17, 15) is 13.2 Å². The van der Waals surface area contributed by atoms with Crippen LogP contribution in [0.3, 0.4) is 0 Å². The first-order valence-corrected chi connectivity index (χ1v) is 6.67. The van der Waals surface area contributed by atoms with Gasteiger partial charge in [-0.2, -0.15) is 8.42 Å². The van der Waals surface area contributed by atoms with E-state index >= 15 is 0 Å². The van der Waals surface area contributed by atoms with Gasteiger partial charge in [-0.1, -0.05) is 19.9 Å². The zero-order valence-electron chi connectivity index (χ0n) is 9.93. The highest BCUT2D eigenvalue weighted by Crippen LogP contribution is 2.10. The Labute approximate surface area is 96.9 Å². The topological polar surface area (TPSA) is 74.7 Å². The number of likely N-dealkylation sites (N-methyl/N-ethyl adjacent to an activating group) is 1. The van der Waals surface area contributed by atoms with E-state index in [4.69, 9.17) is 4.55 Å². The molecule has 0 aliphatic carbocycles. The van der Waals surface area contributed by atoms with E-state index in [1.165, 1.54) is 11.9 Å². The maximum absolute atomic E-state index is 11.6. The van der Waals surface area contributed by atoms with E-state index in [0.717, 1.165) is 6.42 Å². The number of amides is 1. The Morgan fingerprint density at radius 1 is 1.50 bits per heavy atom. The quantitative estimate of drug-likeness (QED) is 0.564. The largest absolute Gasteiger partial charge is 0.338 e. The molecule has 0 saturated heterocycles. The van der Waals surface area contributed by atoms with Crippen LogP contribution in [0, 0.1) is 0 Å². The Balaban J connectivity index is 4.78. The third kappa shape index (κ3) is 5.27. The van der Waals surface area contributed by atoms with Crippen molar-refractivity contribution in [2.24, 2.45) is 0 Å². The molecular formula is C10H19NO4S. The van der Waals surface area contributed by atoms with Gasteiger partial charge in [0.1, 0.15) is 0 Å². The molecule has 6 heteroatoms. The molecule has 0 heterocycles.